The van der Waals surface area contributed by atoms with Gasteiger partial charge in [0.2, 0.25) is 17.8 Å². The molecule has 32 heavy (non-hydrogen) atoms. The number of carbonyl (C=O) groups excluding carboxylic acids is 2. The number of carbonyl (C=O) groups is 2. The van der Waals surface area contributed by atoms with Crippen LogP contribution in [0.15, 0.2) is 60.7 Å². The molecule has 3 aromatic rings. The lowest BCUT2D eigenvalue weighted by Crippen LogP contribution is -2.29. The van der Waals surface area contributed by atoms with Gasteiger partial charge in [0.05, 0.1) is 5.92 Å². The third-order valence-electron chi connectivity index (χ3n) is 5.13. The Morgan fingerprint density at radius 1 is 1.06 bits per heavy atom. The number of rotatable bonds is 8. The molecule has 1 atom stereocenters. The molecular weight excluding hydrogens is 408 g/mol. The molecule has 1 aliphatic rings. The highest BCUT2D eigenvalue weighted by Gasteiger charge is 2.35. The van der Waals surface area contributed by atoms with Gasteiger partial charge in [0.25, 0.3) is 0 Å². The van der Waals surface area contributed by atoms with Crippen molar-refractivity contribution in [2.45, 2.75) is 19.4 Å². The van der Waals surface area contributed by atoms with Crippen molar-refractivity contribution in [2.75, 3.05) is 24.1 Å². The maximum atomic E-state index is 12.5. The molecule has 0 aliphatic carbocycles. The number of benzene rings is 2. The van der Waals surface area contributed by atoms with Crippen LogP contribution in [-0.2, 0) is 27.4 Å². The lowest BCUT2D eigenvalue weighted by molar-refractivity contribution is -0.150. The van der Waals surface area contributed by atoms with Gasteiger partial charge >= 0.3 is 5.97 Å². The van der Waals surface area contributed by atoms with Crippen LogP contribution in [0.1, 0.15) is 17.8 Å². The highest BCUT2D eigenvalue weighted by Crippen LogP contribution is 2.20. The molecule has 2 heterocycles. The fourth-order valence-corrected chi connectivity index (χ4v) is 3.52. The summed E-state index contributed by atoms with van der Waals surface area (Å²) >= 11 is 0. The first-order valence-electron chi connectivity index (χ1n) is 10.4. The number of nitrogens with two attached hydrogens (primary N) is 1. The molecule has 1 aromatic heterocycles. The number of nitrogen functional groups attached to an aromatic ring is 1. The van der Waals surface area contributed by atoms with E-state index in [-0.39, 0.29) is 36.7 Å². The summed E-state index contributed by atoms with van der Waals surface area (Å²) in [6, 6.07) is 19.3. The topological polar surface area (TPSA) is 123 Å². The van der Waals surface area contributed by atoms with Crippen molar-refractivity contribution in [3.8, 4) is 0 Å². The summed E-state index contributed by atoms with van der Waals surface area (Å²) < 4.78 is 5.38. The van der Waals surface area contributed by atoms with Crippen LogP contribution in [0.4, 0.5) is 17.6 Å². The number of esters is 1. The molecule has 0 radical (unpaired) electrons. The molecule has 9 nitrogen and oxygen atoms in total. The average molecular weight is 432 g/mol. The zero-order valence-electron chi connectivity index (χ0n) is 17.5. The molecule has 2 aromatic carbocycles. The van der Waals surface area contributed by atoms with Crippen LogP contribution in [0.2, 0.25) is 0 Å². The maximum Gasteiger partial charge on any atom is 0.311 e. The third-order valence-corrected chi connectivity index (χ3v) is 5.13. The van der Waals surface area contributed by atoms with Gasteiger partial charge in [0, 0.05) is 25.2 Å². The molecule has 0 spiro atoms. The van der Waals surface area contributed by atoms with Crippen LogP contribution in [0.3, 0.4) is 0 Å². The number of hydrogen-bond acceptors (Lipinski definition) is 8. The molecule has 1 fully saturated rings. The number of likely N-dealkylation sites (tertiary alicyclic amines) is 1. The number of nitrogens with one attached hydrogen (secondary N) is 1. The molecule has 0 saturated carbocycles. The Kier molecular flexibility index (Phi) is 6.54. The van der Waals surface area contributed by atoms with E-state index in [0.717, 1.165) is 17.7 Å². The predicted octanol–water partition coefficient (Wildman–Crippen LogP) is 2.33. The molecule has 0 unspecified atom stereocenters. The van der Waals surface area contributed by atoms with Crippen molar-refractivity contribution >= 4 is 29.5 Å². The molecular formula is C23H24N6O3. The Morgan fingerprint density at radius 3 is 2.53 bits per heavy atom. The number of anilines is 3. The second-order valence-electron chi connectivity index (χ2n) is 7.51. The van der Waals surface area contributed by atoms with Crippen LogP contribution in [0.25, 0.3) is 0 Å². The van der Waals surface area contributed by atoms with Crippen LogP contribution in [-0.4, -0.2) is 44.8 Å². The summed E-state index contributed by atoms with van der Waals surface area (Å²) in [5.41, 5.74) is 7.71. The normalized spacial score (nSPS) is 15.6. The summed E-state index contributed by atoms with van der Waals surface area (Å²) in [5.74, 6) is -0.474. The van der Waals surface area contributed by atoms with E-state index < -0.39 is 11.9 Å². The van der Waals surface area contributed by atoms with Gasteiger partial charge < -0.3 is 20.7 Å². The van der Waals surface area contributed by atoms with E-state index in [1.54, 1.807) is 4.90 Å². The maximum absolute atomic E-state index is 12.5. The van der Waals surface area contributed by atoms with Gasteiger partial charge in [-0.3, -0.25) is 9.59 Å². The number of para-hydroxylation sites is 1. The molecule has 3 N–H and O–H groups in total. The molecule has 164 valence electrons. The fourth-order valence-electron chi connectivity index (χ4n) is 3.52. The van der Waals surface area contributed by atoms with E-state index in [1.807, 2.05) is 60.7 Å². The van der Waals surface area contributed by atoms with E-state index in [0.29, 0.717) is 13.1 Å². The summed E-state index contributed by atoms with van der Waals surface area (Å²) in [5, 5.41) is 3.03. The number of ether oxygens (including phenoxy) is 1. The second kappa shape index (κ2) is 9.86. The SMILES string of the molecule is Nc1nc(COC(=O)[C@@H]2CC(=O)N(CCc3ccccc3)C2)nc(Nc2ccccc2)n1. The minimum absolute atomic E-state index is 0.0209. The molecule has 0 bridgehead atoms. The predicted molar refractivity (Wildman–Crippen MR) is 119 cm³/mol. The number of nitrogens with zero attached hydrogens (tertiary/aromatic N) is 4. The smallest absolute Gasteiger partial charge is 0.311 e. The van der Waals surface area contributed by atoms with E-state index >= 15 is 0 Å². The first-order valence-corrected chi connectivity index (χ1v) is 10.4. The van der Waals surface area contributed by atoms with E-state index in [2.05, 4.69) is 20.3 Å². The van der Waals surface area contributed by atoms with Crippen LogP contribution < -0.4 is 11.1 Å². The standard InChI is InChI=1S/C23H24N6O3/c24-22-26-19(27-23(28-22)25-18-9-5-2-6-10-18)15-32-21(31)17-13-20(30)29(14-17)12-11-16-7-3-1-4-8-16/h1-10,17H,11-15H2,(H3,24,25,26,27,28)/t17-/m1/s1. The summed E-state index contributed by atoms with van der Waals surface area (Å²) in [6.45, 7) is 0.777. The van der Waals surface area contributed by atoms with Crippen molar-refractivity contribution in [3.63, 3.8) is 0 Å². The number of amides is 1. The fraction of sp³-hybridized carbons (Fsp3) is 0.261. The van der Waals surface area contributed by atoms with Gasteiger partial charge in [0.1, 0.15) is 0 Å². The van der Waals surface area contributed by atoms with Gasteiger partial charge in [-0.2, -0.15) is 15.0 Å². The zero-order chi connectivity index (χ0) is 22.3. The van der Waals surface area contributed by atoms with Crippen LogP contribution in [0, 0.1) is 5.92 Å². The Balaban J connectivity index is 1.30. The molecule has 1 saturated heterocycles. The highest BCUT2D eigenvalue weighted by molar-refractivity contribution is 5.86. The summed E-state index contributed by atoms with van der Waals surface area (Å²) in [7, 11) is 0. The van der Waals surface area contributed by atoms with Crippen molar-refractivity contribution in [1.29, 1.82) is 0 Å². The van der Waals surface area contributed by atoms with Crippen LogP contribution >= 0.6 is 0 Å². The average Bonchev–Trinajstić information content (AvgIpc) is 3.18. The largest absolute Gasteiger partial charge is 0.457 e. The Bertz CT molecular complexity index is 1080. The van der Waals surface area contributed by atoms with Crippen molar-refractivity contribution in [3.05, 3.63) is 72.1 Å². The minimum Gasteiger partial charge on any atom is -0.457 e. The molecule has 9 heteroatoms. The van der Waals surface area contributed by atoms with Crippen molar-refractivity contribution in [2.24, 2.45) is 5.92 Å². The number of hydrogen-bond donors (Lipinski definition) is 2. The highest BCUT2D eigenvalue weighted by atomic mass is 16.5. The zero-order valence-corrected chi connectivity index (χ0v) is 17.5. The van der Waals surface area contributed by atoms with E-state index in [4.69, 9.17) is 10.5 Å². The van der Waals surface area contributed by atoms with Crippen LogP contribution in [0.5, 0.6) is 0 Å². The Labute approximate surface area is 185 Å². The van der Waals surface area contributed by atoms with Gasteiger partial charge in [0.15, 0.2) is 12.4 Å². The lowest BCUT2D eigenvalue weighted by Gasteiger charge is -2.16. The quantitative estimate of drug-likeness (QED) is 0.520. The van der Waals surface area contributed by atoms with E-state index in [9.17, 15) is 9.59 Å². The summed E-state index contributed by atoms with van der Waals surface area (Å²) in [6.07, 6.45) is 0.892. The van der Waals surface area contributed by atoms with Crippen molar-refractivity contribution < 1.29 is 14.3 Å². The van der Waals surface area contributed by atoms with Crippen molar-refractivity contribution in [1.82, 2.24) is 19.9 Å². The summed E-state index contributed by atoms with van der Waals surface area (Å²) in [4.78, 5) is 38.9. The third kappa shape index (κ3) is 5.57. The van der Waals surface area contributed by atoms with Gasteiger partial charge in [-0.1, -0.05) is 48.5 Å². The lowest BCUT2D eigenvalue weighted by atomic mass is 10.1. The monoisotopic (exact) mass is 432 g/mol. The first-order chi connectivity index (χ1) is 15.6. The van der Waals surface area contributed by atoms with Gasteiger partial charge in [-0.15, -0.1) is 0 Å². The molecule has 1 amide bonds. The number of aromatic nitrogens is 3. The van der Waals surface area contributed by atoms with E-state index in [1.165, 1.54) is 0 Å². The minimum atomic E-state index is -0.501. The Hall–Kier alpha value is -4.01. The first kappa shape index (κ1) is 21.2. The Morgan fingerprint density at radius 2 is 1.78 bits per heavy atom. The second-order valence-corrected chi connectivity index (χ2v) is 7.51. The molecule has 1 aliphatic heterocycles. The van der Waals surface area contributed by atoms with Gasteiger partial charge in [-0.25, -0.2) is 0 Å². The van der Waals surface area contributed by atoms with Gasteiger partial charge in [-0.05, 0) is 24.1 Å². The molecule has 4 rings (SSSR count).